The van der Waals surface area contributed by atoms with Crippen molar-refractivity contribution in [1.82, 2.24) is 4.90 Å². The molecule has 3 atom stereocenters. The predicted molar refractivity (Wildman–Crippen MR) is 69.0 cm³/mol. The van der Waals surface area contributed by atoms with Gasteiger partial charge in [-0.15, -0.1) is 0 Å². The molecule has 1 saturated heterocycles. The highest BCUT2D eigenvalue weighted by Gasteiger charge is 2.62. The van der Waals surface area contributed by atoms with Crippen molar-refractivity contribution in [2.45, 2.75) is 58.9 Å². The molecule has 2 aliphatic carbocycles. The molecule has 2 bridgehead atoms. The van der Waals surface area contributed by atoms with Crippen LogP contribution < -0.4 is 0 Å². The first kappa shape index (κ1) is 12.2. The zero-order valence-corrected chi connectivity index (χ0v) is 11.7. The molecule has 1 unspecified atom stereocenters. The Morgan fingerprint density at radius 3 is 2.50 bits per heavy atom. The van der Waals surface area contributed by atoms with Gasteiger partial charge in [-0.05, 0) is 36.0 Å². The van der Waals surface area contributed by atoms with Crippen molar-refractivity contribution in [3.8, 4) is 0 Å². The number of hydrogen-bond donors (Lipinski definition) is 0. The maximum Gasteiger partial charge on any atom is 0.230 e. The normalized spacial score (nSPS) is 42.7. The van der Waals surface area contributed by atoms with Crippen LogP contribution in [0, 0.1) is 16.7 Å². The van der Waals surface area contributed by atoms with Crippen LogP contribution in [0.25, 0.3) is 0 Å². The van der Waals surface area contributed by atoms with Crippen LogP contribution in [0.4, 0.5) is 0 Å². The van der Waals surface area contributed by atoms with Crippen molar-refractivity contribution < 1.29 is 9.59 Å². The Morgan fingerprint density at radius 1 is 1.22 bits per heavy atom. The summed E-state index contributed by atoms with van der Waals surface area (Å²) in [6, 6.07) is 0.337. The summed E-state index contributed by atoms with van der Waals surface area (Å²) < 4.78 is 0. The second kappa shape index (κ2) is 3.58. The second-order valence-electron chi connectivity index (χ2n) is 7.37. The highest BCUT2D eigenvalue weighted by molar-refractivity contribution is 6.00. The van der Waals surface area contributed by atoms with Crippen molar-refractivity contribution in [3.05, 3.63) is 0 Å². The van der Waals surface area contributed by atoms with E-state index in [-0.39, 0.29) is 28.9 Å². The average Bonchev–Trinajstić information content (AvgIpc) is 2.72. The number of ketones is 1. The fraction of sp³-hybridized carbons (Fsp3) is 0.867. The lowest BCUT2D eigenvalue weighted by molar-refractivity contribution is -0.147. The number of piperidine rings is 1. The number of carbonyl (C=O) groups is 2. The SMILES string of the molecule is CC1(C)C(N2CCC(=O)CC2=O)[C@@]2(C)CC[C@H]1C2. The van der Waals surface area contributed by atoms with Crippen molar-refractivity contribution in [1.29, 1.82) is 0 Å². The minimum Gasteiger partial charge on any atom is -0.338 e. The summed E-state index contributed by atoms with van der Waals surface area (Å²) in [7, 11) is 0. The van der Waals surface area contributed by atoms with Gasteiger partial charge in [-0.1, -0.05) is 20.8 Å². The molecule has 0 aromatic rings. The van der Waals surface area contributed by atoms with Gasteiger partial charge in [0, 0.05) is 19.0 Å². The van der Waals surface area contributed by atoms with Crippen molar-refractivity contribution in [3.63, 3.8) is 0 Å². The third kappa shape index (κ3) is 1.49. The van der Waals surface area contributed by atoms with Crippen LogP contribution >= 0.6 is 0 Å². The Kier molecular flexibility index (Phi) is 2.43. The van der Waals surface area contributed by atoms with E-state index in [0.717, 1.165) is 5.92 Å². The van der Waals surface area contributed by atoms with Crippen molar-refractivity contribution >= 4 is 11.7 Å². The highest BCUT2D eigenvalue weighted by Crippen LogP contribution is 2.64. The first-order valence-corrected chi connectivity index (χ1v) is 7.16. The second-order valence-corrected chi connectivity index (χ2v) is 7.37. The summed E-state index contributed by atoms with van der Waals surface area (Å²) in [5.41, 5.74) is 0.493. The van der Waals surface area contributed by atoms with E-state index in [0.29, 0.717) is 19.0 Å². The highest BCUT2D eigenvalue weighted by atomic mass is 16.2. The first-order chi connectivity index (χ1) is 8.34. The monoisotopic (exact) mass is 249 g/mol. The number of Topliss-reactive ketones (excluding diaryl/α,β-unsaturated/α-hetero) is 1. The van der Waals surface area contributed by atoms with Crippen LogP contribution in [0.15, 0.2) is 0 Å². The van der Waals surface area contributed by atoms with Gasteiger partial charge in [-0.3, -0.25) is 9.59 Å². The Hall–Kier alpha value is -0.860. The summed E-state index contributed by atoms with van der Waals surface area (Å²) in [5.74, 6) is 0.929. The molecule has 3 aliphatic rings. The van der Waals surface area contributed by atoms with E-state index in [9.17, 15) is 9.59 Å². The molecule has 100 valence electrons. The Morgan fingerprint density at radius 2 is 1.94 bits per heavy atom. The fourth-order valence-corrected chi connectivity index (χ4v) is 5.06. The minimum absolute atomic E-state index is 0.0677. The minimum atomic E-state index is 0.0677. The van der Waals surface area contributed by atoms with Crippen LogP contribution in [0.2, 0.25) is 0 Å². The Bertz CT molecular complexity index is 410. The van der Waals surface area contributed by atoms with E-state index >= 15 is 0 Å². The number of nitrogens with zero attached hydrogens (tertiary/aromatic N) is 1. The third-order valence-corrected chi connectivity index (χ3v) is 5.81. The van der Waals surface area contributed by atoms with Gasteiger partial charge in [0.15, 0.2) is 0 Å². The molecule has 1 amide bonds. The standard InChI is InChI=1S/C15H23NO2/c1-14(2)10-4-6-15(3,9-10)13(14)16-7-5-11(17)8-12(16)18/h10,13H,4-9H2,1-3H3/t10-,13?,15-/m0/s1. The summed E-state index contributed by atoms with van der Waals surface area (Å²) in [6.07, 6.45) is 4.49. The summed E-state index contributed by atoms with van der Waals surface area (Å²) >= 11 is 0. The number of amides is 1. The van der Waals surface area contributed by atoms with Crippen LogP contribution in [-0.4, -0.2) is 29.2 Å². The maximum absolute atomic E-state index is 12.2. The molecule has 0 radical (unpaired) electrons. The quantitative estimate of drug-likeness (QED) is 0.669. The molecular weight excluding hydrogens is 226 g/mol. The molecule has 0 spiro atoms. The van der Waals surface area contributed by atoms with Gasteiger partial charge in [0.1, 0.15) is 5.78 Å². The van der Waals surface area contributed by atoms with Gasteiger partial charge >= 0.3 is 0 Å². The zero-order chi connectivity index (χ0) is 13.1. The first-order valence-electron chi connectivity index (χ1n) is 7.16. The van der Waals surface area contributed by atoms with E-state index in [1.165, 1.54) is 19.3 Å². The number of likely N-dealkylation sites (tertiary alicyclic amines) is 1. The average molecular weight is 249 g/mol. The molecule has 1 aliphatic heterocycles. The number of hydrogen-bond acceptors (Lipinski definition) is 2. The molecule has 0 N–H and O–H groups in total. The molecule has 0 aromatic carbocycles. The molecule has 3 fully saturated rings. The Labute approximate surface area is 109 Å². The molecule has 1 heterocycles. The van der Waals surface area contributed by atoms with Gasteiger partial charge in [0.2, 0.25) is 5.91 Å². The number of rotatable bonds is 1. The molecule has 18 heavy (non-hydrogen) atoms. The molecule has 0 aromatic heterocycles. The van der Waals surface area contributed by atoms with E-state index in [1.807, 2.05) is 4.90 Å². The van der Waals surface area contributed by atoms with Gasteiger partial charge in [0.05, 0.1) is 6.42 Å². The molecule has 3 rings (SSSR count). The van der Waals surface area contributed by atoms with Gasteiger partial charge < -0.3 is 4.90 Å². The van der Waals surface area contributed by atoms with E-state index in [2.05, 4.69) is 20.8 Å². The van der Waals surface area contributed by atoms with Crippen LogP contribution in [0.5, 0.6) is 0 Å². The van der Waals surface area contributed by atoms with Crippen LogP contribution in [0.1, 0.15) is 52.9 Å². The number of fused-ring (bicyclic) bond motifs is 2. The lowest BCUT2D eigenvalue weighted by atomic mass is 9.67. The van der Waals surface area contributed by atoms with Crippen LogP contribution in [0.3, 0.4) is 0 Å². The number of carbonyl (C=O) groups excluding carboxylic acids is 2. The zero-order valence-electron chi connectivity index (χ0n) is 11.7. The van der Waals surface area contributed by atoms with Gasteiger partial charge in [-0.25, -0.2) is 0 Å². The molecule has 2 saturated carbocycles. The largest absolute Gasteiger partial charge is 0.338 e. The van der Waals surface area contributed by atoms with Gasteiger partial charge in [0.25, 0.3) is 0 Å². The molecular formula is C15H23NO2. The predicted octanol–water partition coefficient (Wildman–Crippen LogP) is 2.39. The summed E-state index contributed by atoms with van der Waals surface area (Å²) in [4.78, 5) is 25.6. The summed E-state index contributed by atoms with van der Waals surface area (Å²) in [6.45, 7) is 7.62. The van der Waals surface area contributed by atoms with E-state index in [4.69, 9.17) is 0 Å². The smallest absolute Gasteiger partial charge is 0.230 e. The van der Waals surface area contributed by atoms with Crippen LogP contribution in [-0.2, 0) is 9.59 Å². The maximum atomic E-state index is 12.2. The van der Waals surface area contributed by atoms with Crippen molar-refractivity contribution in [2.75, 3.05) is 6.54 Å². The molecule has 3 heteroatoms. The van der Waals surface area contributed by atoms with Crippen molar-refractivity contribution in [2.24, 2.45) is 16.7 Å². The lowest BCUT2D eigenvalue weighted by Gasteiger charge is -2.49. The van der Waals surface area contributed by atoms with Gasteiger partial charge in [-0.2, -0.15) is 0 Å². The van der Waals surface area contributed by atoms with E-state index in [1.54, 1.807) is 0 Å². The lowest BCUT2D eigenvalue weighted by Crippen LogP contribution is -2.57. The topological polar surface area (TPSA) is 37.4 Å². The fourth-order valence-electron chi connectivity index (χ4n) is 5.06. The van der Waals surface area contributed by atoms with E-state index < -0.39 is 0 Å². The Balaban J connectivity index is 1.91. The summed E-state index contributed by atoms with van der Waals surface area (Å²) in [5, 5.41) is 0. The third-order valence-electron chi connectivity index (χ3n) is 5.81. The molecule has 3 nitrogen and oxygen atoms in total.